The summed E-state index contributed by atoms with van der Waals surface area (Å²) >= 11 is 1.59. The molecule has 0 aliphatic carbocycles. The Hall–Kier alpha value is -2.54. The molecule has 0 spiro atoms. The Bertz CT molecular complexity index is 728. The molecule has 7 heteroatoms. The van der Waals surface area contributed by atoms with Crippen LogP contribution in [0.25, 0.3) is 0 Å². The molecular weight excluding hydrogens is 312 g/mol. The van der Waals surface area contributed by atoms with Gasteiger partial charge in [0, 0.05) is 26.1 Å². The van der Waals surface area contributed by atoms with Crippen LogP contribution in [-0.2, 0) is 16.1 Å². The first kappa shape index (κ1) is 15.4. The average molecular weight is 328 g/mol. The fraction of sp³-hybridized carbons (Fsp3) is 0.250. The van der Waals surface area contributed by atoms with Crippen molar-refractivity contribution in [2.24, 2.45) is 5.10 Å². The summed E-state index contributed by atoms with van der Waals surface area (Å²) in [6.45, 7) is 0.449. The van der Waals surface area contributed by atoms with Gasteiger partial charge in [0.05, 0.1) is 18.4 Å². The third-order valence-electron chi connectivity index (χ3n) is 3.58. The summed E-state index contributed by atoms with van der Waals surface area (Å²) in [6, 6.07) is 5.62. The molecule has 118 valence electrons. The van der Waals surface area contributed by atoms with Crippen molar-refractivity contribution in [1.82, 2.24) is 9.99 Å². The number of pyridine rings is 1. The monoisotopic (exact) mass is 328 g/mol. The Morgan fingerprint density at radius 1 is 1.39 bits per heavy atom. The molecule has 1 aliphatic rings. The summed E-state index contributed by atoms with van der Waals surface area (Å²) in [5.41, 5.74) is 2.16. The zero-order valence-corrected chi connectivity index (χ0v) is 13.5. The highest BCUT2D eigenvalue weighted by atomic mass is 32.1. The van der Waals surface area contributed by atoms with E-state index < -0.39 is 0 Å². The van der Waals surface area contributed by atoms with Crippen LogP contribution in [0.4, 0.5) is 5.69 Å². The fourth-order valence-corrected chi connectivity index (χ4v) is 3.00. The second kappa shape index (κ2) is 6.70. The van der Waals surface area contributed by atoms with E-state index in [0.717, 1.165) is 5.56 Å². The van der Waals surface area contributed by atoms with Gasteiger partial charge in [0.2, 0.25) is 5.91 Å². The number of nitrogens with zero attached hydrogens (tertiary/aromatic N) is 4. The van der Waals surface area contributed by atoms with Crippen molar-refractivity contribution in [3.8, 4) is 0 Å². The number of amides is 2. The first-order chi connectivity index (χ1) is 11.1. The van der Waals surface area contributed by atoms with Crippen molar-refractivity contribution in [3.05, 3.63) is 46.9 Å². The summed E-state index contributed by atoms with van der Waals surface area (Å²) in [7, 11) is 1.57. The summed E-state index contributed by atoms with van der Waals surface area (Å²) in [5, 5.41) is 9.36. The van der Waals surface area contributed by atoms with Crippen LogP contribution < -0.4 is 4.90 Å². The Kier molecular flexibility index (Phi) is 4.47. The van der Waals surface area contributed by atoms with Gasteiger partial charge in [0.25, 0.3) is 5.91 Å². The Morgan fingerprint density at radius 3 is 2.91 bits per heavy atom. The predicted octanol–water partition coefficient (Wildman–Crippen LogP) is 2.28. The summed E-state index contributed by atoms with van der Waals surface area (Å²) in [5.74, 6) is -0.268. The molecule has 6 nitrogen and oxygen atoms in total. The predicted molar refractivity (Wildman–Crippen MR) is 89.2 cm³/mol. The number of hydrogen-bond acceptors (Lipinski definition) is 5. The lowest BCUT2D eigenvalue weighted by Gasteiger charge is -2.25. The molecule has 3 heterocycles. The van der Waals surface area contributed by atoms with Crippen molar-refractivity contribution < 1.29 is 9.59 Å². The second-order valence-corrected chi connectivity index (χ2v) is 5.98. The minimum Gasteiger partial charge on any atom is -0.301 e. The lowest BCUT2D eigenvalue weighted by molar-refractivity contribution is -0.130. The summed E-state index contributed by atoms with van der Waals surface area (Å²) in [6.07, 6.45) is 3.99. The van der Waals surface area contributed by atoms with E-state index in [0.29, 0.717) is 30.8 Å². The van der Waals surface area contributed by atoms with Crippen molar-refractivity contribution in [2.45, 2.75) is 19.4 Å². The maximum absolute atomic E-state index is 12.9. The molecule has 0 atom stereocenters. The number of rotatable bonds is 4. The van der Waals surface area contributed by atoms with E-state index in [2.05, 4.69) is 10.1 Å². The number of aromatic nitrogens is 1. The van der Waals surface area contributed by atoms with Crippen molar-refractivity contribution >= 4 is 34.6 Å². The molecule has 0 radical (unpaired) electrons. The molecule has 0 saturated carbocycles. The number of hydrazone groups is 1. The Balaban J connectivity index is 1.90. The molecule has 0 bridgehead atoms. The molecule has 0 aromatic carbocycles. The molecule has 2 aromatic rings. The summed E-state index contributed by atoms with van der Waals surface area (Å²) < 4.78 is 0. The van der Waals surface area contributed by atoms with Gasteiger partial charge in [-0.2, -0.15) is 16.4 Å². The van der Waals surface area contributed by atoms with Crippen LogP contribution in [0.5, 0.6) is 0 Å². The minimum absolute atomic E-state index is 0.0766. The lowest BCUT2D eigenvalue weighted by Crippen LogP contribution is -2.40. The van der Waals surface area contributed by atoms with E-state index in [1.807, 2.05) is 22.9 Å². The molecular formula is C16H16N4O2S. The van der Waals surface area contributed by atoms with E-state index in [-0.39, 0.29) is 11.8 Å². The SMILES string of the molecule is CN1N=C(C(=O)N(Cc2ccsc2)c2cccnc2)CCC1=O. The fourth-order valence-electron chi connectivity index (χ4n) is 2.34. The van der Waals surface area contributed by atoms with Crippen LogP contribution in [0.1, 0.15) is 18.4 Å². The van der Waals surface area contributed by atoms with Gasteiger partial charge in [-0.05, 0) is 34.5 Å². The van der Waals surface area contributed by atoms with Crippen LogP contribution in [0.3, 0.4) is 0 Å². The smallest absolute Gasteiger partial charge is 0.274 e. The third-order valence-corrected chi connectivity index (χ3v) is 4.31. The highest BCUT2D eigenvalue weighted by molar-refractivity contribution is 7.07. The van der Waals surface area contributed by atoms with E-state index in [1.54, 1.807) is 41.7 Å². The molecule has 2 aromatic heterocycles. The van der Waals surface area contributed by atoms with Gasteiger partial charge in [-0.1, -0.05) is 0 Å². The average Bonchev–Trinajstić information content (AvgIpc) is 3.08. The minimum atomic E-state index is -0.191. The highest BCUT2D eigenvalue weighted by Crippen LogP contribution is 2.20. The van der Waals surface area contributed by atoms with Crippen LogP contribution in [0, 0.1) is 0 Å². The summed E-state index contributed by atoms with van der Waals surface area (Å²) in [4.78, 5) is 30.2. The zero-order valence-electron chi connectivity index (χ0n) is 12.7. The van der Waals surface area contributed by atoms with Gasteiger partial charge >= 0.3 is 0 Å². The van der Waals surface area contributed by atoms with Crippen molar-refractivity contribution in [1.29, 1.82) is 0 Å². The molecule has 0 fully saturated rings. The second-order valence-electron chi connectivity index (χ2n) is 5.20. The van der Waals surface area contributed by atoms with Gasteiger partial charge < -0.3 is 4.90 Å². The first-order valence-electron chi connectivity index (χ1n) is 7.22. The quantitative estimate of drug-likeness (QED) is 0.865. The lowest BCUT2D eigenvalue weighted by atomic mass is 10.1. The first-order valence-corrected chi connectivity index (χ1v) is 8.16. The van der Waals surface area contributed by atoms with E-state index in [4.69, 9.17) is 0 Å². The zero-order chi connectivity index (χ0) is 16.2. The number of carbonyl (C=O) groups excluding carboxylic acids is 2. The van der Waals surface area contributed by atoms with Crippen LogP contribution in [-0.4, -0.2) is 34.6 Å². The van der Waals surface area contributed by atoms with Crippen LogP contribution in [0.2, 0.25) is 0 Å². The van der Waals surface area contributed by atoms with Gasteiger partial charge in [-0.25, -0.2) is 5.01 Å². The topological polar surface area (TPSA) is 65.9 Å². The van der Waals surface area contributed by atoms with E-state index >= 15 is 0 Å². The van der Waals surface area contributed by atoms with Gasteiger partial charge in [-0.15, -0.1) is 0 Å². The van der Waals surface area contributed by atoms with E-state index in [9.17, 15) is 9.59 Å². The van der Waals surface area contributed by atoms with Crippen molar-refractivity contribution in [2.75, 3.05) is 11.9 Å². The molecule has 1 aliphatic heterocycles. The van der Waals surface area contributed by atoms with Gasteiger partial charge in [0.15, 0.2) is 0 Å². The number of anilines is 1. The molecule has 3 rings (SSSR count). The maximum Gasteiger partial charge on any atom is 0.274 e. The Morgan fingerprint density at radius 2 is 2.26 bits per heavy atom. The normalized spacial score (nSPS) is 14.6. The maximum atomic E-state index is 12.9. The van der Waals surface area contributed by atoms with Gasteiger partial charge in [-0.3, -0.25) is 14.6 Å². The standard InChI is InChI=1S/C16H16N4O2S/c1-19-15(21)5-4-14(18-19)16(22)20(10-12-6-8-23-11-12)13-3-2-7-17-9-13/h2-3,6-9,11H,4-5,10H2,1H3. The Labute approximate surface area is 138 Å². The third kappa shape index (κ3) is 3.45. The number of carbonyl (C=O) groups is 2. The molecule has 0 unspecified atom stereocenters. The molecule has 2 amide bonds. The highest BCUT2D eigenvalue weighted by Gasteiger charge is 2.27. The van der Waals surface area contributed by atoms with E-state index in [1.165, 1.54) is 5.01 Å². The largest absolute Gasteiger partial charge is 0.301 e. The molecule has 0 N–H and O–H groups in total. The number of thiophene rings is 1. The number of hydrogen-bond donors (Lipinski definition) is 0. The molecule has 23 heavy (non-hydrogen) atoms. The van der Waals surface area contributed by atoms with Crippen molar-refractivity contribution in [3.63, 3.8) is 0 Å². The van der Waals surface area contributed by atoms with Crippen LogP contribution >= 0.6 is 11.3 Å². The van der Waals surface area contributed by atoms with Crippen LogP contribution in [0.15, 0.2) is 46.5 Å². The molecule has 0 saturated heterocycles. The van der Waals surface area contributed by atoms with Gasteiger partial charge in [0.1, 0.15) is 5.71 Å².